The second kappa shape index (κ2) is 6.69. The average Bonchev–Trinajstić information content (AvgIpc) is 2.38. The monoisotopic (exact) mass is 286 g/mol. The van der Waals surface area contributed by atoms with Crippen LogP contribution in [0.1, 0.15) is 27.2 Å². The number of nitrogens with one attached hydrogen (secondary N) is 1. The van der Waals surface area contributed by atoms with Gasteiger partial charge in [0, 0.05) is 19.5 Å². The summed E-state index contributed by atoms with van der Waals surface area (Å²) in [6.45, 7) is 6.05. The largest absolute Gasteiger partial charge is 0.481 e. The summed E-state index contributed by atoms with van der Waals surface area (Å²) in [7, 11) is 0. The third-order valence-electron chi connectivity index (χ3n) is 3.27. The van der Waals surface area contributed by atoms with Crippen LogP contribution in [0.5, 0.6) is 0 Å². The van der Waals surface area contributed by atoms with Crippen molar-refractivity contribution in [2.75, 3.05) is 26.3 Å². The lowest BCUT2D eigenvalue weighted by molar-refractivity contribution is -0.156. The highest BCUT2D eigenvalue weighted by Crippen LogP contribution is 2.23. The molecule has 114 valence electrons. The second-order valence-electron chi connectivity index (χ2n) is 5.44. The second-order valence-corrected chi connectivity index (χ2v) is 5.44. The smallest absolute Gasteiger partial charge is 0.309 e. The molecule has 1 saturated heterocycles. The number of carbonyl (C=O) groups excluding carboxylic acids is 2. The van der Waals surface area contributed by atoms with Crippen LogP contribution in [0.15, 0.2) is 0 Å². The van der Waals surface area contributed by atoms with Crippen molar-refractivity contribution in [2.45, 2.75) is 33.2 Å². The van der Waals surface area contributed by atoms with E-state index in [1.165, 1.54) is 18.7 Å². The van der Waals surface area contributed by atoms with Crippen LogP contribution in [0.25, 0.3) is 0 Å². The maximum absolute atomic E-state index is 12.3. The Morgan fingerprint density at radius 1 is 1.40 bits per heavy atom. The van der Waals surface area contributed by atoms with Gasteiger partial charge < -0.3 is 20.1 Å². The third-order valence-corrected chi connectivity index (χ3v) is 3.27. The molecule has 1 aliphatic heterocycles. The van der Waals surface area contributed by atoms with E-state index in [2.05, 4.69) is 5.32 Å². The quantitative estimate of drug-likeness (QED) is 0.733. The highest BCUT2D eigenvalue weighted by atomic mass is 16.5. The molecule has 1 heterocycles. The maximum Gasteiger partial charge on any atom is 0.309 e. The van der Waals surface area contributed by atoms with Gasteiger partial charge in [0.05, 0.1) is 18.6 Å². The Hall–Kier alpha value is -1.63. The number of morpholine rings is 1. The average molecular weight is 286 g/mol. The molecule has 1 fully saturated rings. The zero-order chi connectivity index (χ0) is 15.3. The normalized spacial score (nSPS) is 19.6. The van der Waals surface area contributed by atoms with E-state index in [9.17, 15) is 14.4 Å². The molecule has 7 nitrogen and oxygen atoms in total. The molecule has 1 unspecified atom stereocenters. The molecule has 0 aliphatic carbocycles. The van der Waals surface area contributed by atoms with Crippen molar-refractivity contribution in [3.63, 3.8) is 0 Å². The summed E-state index contributed by atoms with van der Waals surface area (Å²) >= 11 is 0. The van der Waals surface area contributed by atoms with Crippen molar-refractivity contribution in [3.8, 4) is 0 Å². The lowest BCUT2D eigenvalue weighted by Crippen LogP contribution is -2.56. The maximum atomic E-state index is 12.3. The molecule has 20 heavy (non-hydrogen) atoms. The molecular formula is C13H22N2O5. The molecule has 0 bridgehead atoms. The molecule has 0 aromatic heterocycles. The summed E-state index contributed by atoms with van der Waals surface area (Å²) in [5.74, 6) is -1.64. The van der Waals surface area contributed by atoms with Gasteiger partial charge in [0.25, 0.3) is 0 Å². The van der Waals surface area contributed by atoms with E-state index >= 15 is 0 Å². The number of hydrogen-bond donors (Lipinski definition) is 2. The summed E-state index contributed by atoms with van der Waals surface area (Å²) in [6.07, 6.45) is -0.141. The molecule has 0 saturated carbocycles. The lowest BCUT2D eigenvalue weighted by Gasteiger charge is -2.35. The lowest BCUT2D eigenvalue weighted by atomic mass is 9.88. The van der Waals surface area contributed by atoms with E-state index in [4.69, 9.17) is 9.84 Å². The minimum atomic E-state index is -1.15. The van der Waals surface area contributed by atoms with Gasteiger partial charge in [-0.15, -0.1) is 0 Å². The van der Waals surface area contributed by atoms with Crippen LogP contribution in [-0.2, 0) is 19.1 Å². The Labute approximate surface area is 118 Å². The van der Waals surface area contributed by atoms with Gasteiger partial charge >= 0.3 is 5.97 Å². The highest BCUT2D eigenvalue weighted by molar-refractivity contribution is 5.90. The molecule has 7 heteroatoms. The first kappa shape index (κ1) is 16.4. The van der Waals surface area contributed by atoms with Crippen LogP contribution in [0.2, 0.25) is 0 Å². The molecule has 1 atom stereocenters. The zero-order valence-electron chi connectivity index (χ0n) is 12.1. The number of rotatable bonds is 5. The molecule has 2 N–H and O–H groups in total. The Bertz CT molecular complexity index is 394. The van der Waals surface area contributed by atoms with Gasteiger partial charge in [-0.2, -0.15) is 0 Å². The van der Waals surface area contributed by atoms with Crippen molar-refractivity contribution in [1.29, 1.82) is 0 Å². The number of ether oxygens (including phenoxy) is 1. The van der Waals surface area contributed by atoms with Crippen LogP contribution in [-0.4, -0.2) is 60.1 Å². The number of carboxylic acids is 1. The van der Waals surface area contributed by atoms with Crippen LogP contribution in [0.3, 0.4) is 0 Å². The summed E-state index contributed by atoms with van der Waals surface area (Å²) < 4.78 is 5.24. The Morgan fingerprint density at radius 3 is 2.60 bits per heavy atom. The number of aliphatic carboxylic acids is 1. The van der Waals surface area contributed by atoms with Crippen molar-refractivity contribution in [3.05, 3.63) is 0 Å². The van der Waals surface area contributed by atoms with Crippen molar-refractivity contribution in [2.24, 2.45) is 5.41 Å². The Kier molecular flexibility index (Phi) is 5.50. The molecule has 0 radical (unpaired) electrons. The predicted molar refractivity (Wildman–Crippen MR) is 71.0 cm³/mol. The molecule has 2 amide bonds. The van der Waals surface area contributed by atoms with Gasteiger partial charge in [-0.05, 0) is 20.8 Å². The Balaban J connectivity index is 2.77. The molecule has 0 aromatic carbocycles. The number of carbonyl (C=O) groups is 3. The van der Waals surface area contributed by atoms with E-state index in [0.29, 0.717) is 19.7 Å². The van der Waals surface area contributed by atoms with Crippen LogP contribution < -0.4 is 5.32 Å². The summed E-state index contributed by atoms with van der Waals surface area (Å²) in [5, 5.41) is 11.7. The molecule has 1 rings (SSSR count). The molecular weight excluding hydrogens is 264 g/mol. The topological polar surface area (TPSA) is 95.9 Å². The van der Waals surface area contributed by atoms with Gasteiger partial charge in [-0.25, -0.2) is 0 Å². The minimum Gasteiger partial charge on any atom is -0.481 e. The van der Waals surface area contributed by atoms with Gasteiger partial charge in [-0.3, -0.25) is 14.4 Å². The van der Waals surface area contributed by atoms with Crippen molar-refractivity contribution < 1.29 is 24.2 Å². The molecule has 0 spiro atoms. The summed E-state index contributed by atoms with van der Waals surface area (Å²) in [6, 6.07) is -0.680. The molecule has 0 aromatic rings. The fourth-order valence-corrected chi connectivity index (χ4v) is 1.97. The SMILES string of the molecule is CCNC(=O)C1COCCN1C(=O)CC(C)(C)C(=O)O. The highest BCUT2D eigenvalue weighted by Gasteiger charge is 2.37. The van der Waals surface area contributed by atoms with Crippen molar-refractivity contribution >= 4 is 17.8 Å². The predicted octanol–water partition coefficient (Wildman–Crippen LogP) is -0.149. The zero-order valence-corrected chi connectivity index (χ0v) is 12.1. The fraction of sp³-hybridized carbons (Fsp3) is 0.769. The van der Waals surface area contributed by atoms with Gasteiger partial charge in [-0.1, -0.05) is 0 Å². The Morgan fingerprint density at radius 2 is 2.05 bits per heavy atom. The van der Waals surface area contributed by atoms with E-state index in [0.717, 1.165) is 0 Å². The number of likely N-dealkylation sites (N-methyl/N-ethyl adjacent to an activating group) is 1. The first-order valence-corrected chi connectivity index (χ1v) is 6.68. The molecule has 1 aliphatic rings. The number of nitrogens with zero attached hydrogens (tertiary/aromatic N) is 1. The minimum absolute atomic E-state index is 0.141. The van der Waals surface area contributed by atoms with E-state index in [1.807, 2.05) is 0 Å². The van der Waals surface area contributed by atoms with Gasteiger partial charge in [0.15, 0.2) is 0 Å². The number of hydrogen-bond acceptors (Lipinski definition) is 4. The summed E-state index contributed by atoms with van der Waals surface area (Å²) in [4.78, 5) is 36.7. The van der Waals surface area contributed by atoms with Gasteiger partial charge in [0.2, 0.25) is 11.8 Å². The van der Waals surface area contributed by atoms with Crippen LogP contribution in [0, 0.1) is 5.41 Å². The van der Waals surface area contributed by atoms with Crippen LogP contribution >= 0.6 is 0 Å². The van der Waals surface area contributed by atoms with E-state index in [-0.39, 0.29) is 24.8 Å². The number of carboxylic acid groups (broad SMARTS) is 1. The van der Waals surface area contributed by atoms with Gasteiger partial charge in [0.1, 0.15) is 6.04 Å². The van der Waals surface area contributed by atoms with Crippen molar-refractivity contribution in [1.82, 2.24) is 10.2 Å². The summed E-state index contributed by atoms with van der Waals surface area (Å²) in [5.41, 5.74) is -1.15. The number of amides is 2. The first-order valence-electron chi connectivity index (χ1n) is 6.68. The first-order chi connectivity index (χ1) is 9.29. The van der Waals surface area contributed by atoms with Crippen LogP contribution in [0.4, 0.5) is 0 Å². The standard InChI is InChI=1S/C13H22N2O5/c1-4-14-11(17)9-8-20-6-5-15(9)10(16)7-13(2,3)12(18)19/h9H,4-8H2,1-3H3,(H,14,17)(H,18,19). The van der Waals surface area contributed by atoms with E-state index < -0.39 is 17.4 Å². The fourth-order valence-electron chi connectivity index (χ4n) is 1.97. The van der Waals surface area contributed by atoms with E-state index in [1.54, 1.807) is 6.92 Å². The third kappa shape index (κ3) is 3.93.